The molecule has 2 aliphatic heterocycles. The largest absolute Gasteiger partial charge is 0.372 e. The lowest BCUT2D eigenvalue weighted by atomic mass is 10.1. The number of nitrogens with zero attached hydrogens (tertiary/aromatic N) is 3. The van der Waals surface area contributed by atoms with Gasteiger partial charge in [-0.25, -0.2) is 0 Å². The average Bonchev–Trinajstić information content (AvgIpc) is 2.91. The Balaban J connectivity index is 1.76. The standard InChI is InChI=1S/C19H25N3OS/c1-3-20-19-22(4-2)18(23)17(24-19)14-15-8-10-16(11-9-15)21-12-6-5-7-13-21/h8-11,14H,3-7,12-13H2,1-2H3. The van der Waals surface area contributed by atoms with Crippen molar-refractivity contribution in [1.29, 1.82) is 0 Å². The Morgan fingerprint density at radius 1 is 1.12 bits per heavy atom. The van der Waals surface area contributed by atoms with Gasteiger partial charge in [0.15, 0.2) is 5.17 Å². The normalized spacial score (nSPS) is 22.0. The number of anilines is 1. The molecule has 0 aliphatic carbocycles. The lowest BCUT2D eigenvalue weighted by Crippen LogP contribution is -2.29. The predicted octanol–water partition coefficient (Wildman–Crippen LogP) is 3.99. The SMILES string of the molecule is CCN=C1SC(=Cc2ccc(N3CCCCC3)cc2)C(=O)N1CC. The molecule has 0 bridgehead atoms. The van der Waals surface area contributed by atoms with Crippen molar-refractivity contribution in [3.63, 3.8) is 0 Å². The second-order valence-electron chi connectivity index (χ2n) is 6.06. The van der Waals surface area contributed by atoms with Crippen molar-refractivity contribution in [2.75, 3.05) is 31.1 Å². The topological polar surface area (TPSA) is 35.9 Å². The van der Waals surface area contributed by atoms with Gasteiger partial charge in [-0.1, -0.05) is 12.1 Å². The molecule has 5 heteroatoms. The van der Waals surface area contributed by atoms with Gasteiger partial charge in [0.05, 0.1) is 4.91 Å². The Morgan fingerprint density at radius 3 is 2.46 bits per heavy atom. The summed E-state index contributed by atoms with van der Waals surface area (Å²) in [5.41, 5.74) is 2.35. The Labute approximate surface area is 148 Å². The van der Waals surface area contributed by atoms with E-state index in [0.717, 1.165) is 28.7 Å². The van der Waals surface area contributed by atoms with E-state index in [0.29, 0.717) is 13.1 Å². The molecule has 0 saturated carbocycles. The number of amides is 1. The van der Waals surface area contributed by atoms with Crippen molar-refractivity contribution < 1.29 is 4.79 Å². The van der Waals surface area contributed by atoms with Gasteiger partial charge in [-0.05, 0) is 68.6 Å². The highest BCUT2D eigenvalue weighted by atomic mass is 32.2. The minimum Gasteiger partial charge on any atom is -0.372 e. The maximum atomic E-state index is 12.5. The van der Waals surface area contributed by atoms with Crippen LogP contribution >= 0.6 is 11.8 Å². The van der Waals surface area contributed by atoms with E-state index in [1.807, 2.05) is 19.9 Å². The van der Waals surface area contributed by atoms with Crippen LogP contribution in [0.3, 0.4) is 0 Å². The van der Waals surface area contributed by atoms with Gasteiger partial charge in [0, 0.05) is 31.9 Å². The van der Waals surface area contributed by atoms with Gasteiger partial charge in [-0.15, -0.1) is 0 Å². The maximum absolute atomic E-state index is 12.5. The molecule has 0 radical (unpaired) electrons. The first-order valence-corrected chi connectivity index (χ1v) is 9.65. The van der Waals surface area contributed by atoms with Gasteiger partial charge in [0.25, 0.3) is 5.91 Å². The summed E-state index contributed by atoms with van der Waals surface area (Å²) in [7, 11) is 0. The quantitative estimate of drug-likeness (QED) is 0.776. The molecule has 2 saturated heterocycles. The van der Waals surface area contributed by atoms with Crippen LogP contribution in [0.25, 0.3) is 6.08 Å². The Kier molecular flexibility index (Phi) is 5.61. The summed E-state index contributed by atoms with van der Waals surface area (Å²) in [6, 6.07) is 8.55. The molecule has 2 aliphatic rings. The molecule has 0 unspecified atom stereocenters. The first-order chi connectivity index (χ1) is 11.7. The maximum Gasteiger partial charge on any atom is 0.266 e. The molecule has 3 rings (SSSR count). The molecule has 1 aromatic rings. The van der Waals surface area contributed by atoms with Crippen LogP contribution in [0.4, 0.5) is 5.69 Å². The van der Waals surface area contributed by atoms with Gasteiger partial charge in [0.2, 0.25) is 0 Å². The molecule has 2 fully saturated rings. The number of aliphatic imine (C=N–C) groups is 1. The lowest BCUT2D eigenvalue weighted by Gasteiger charge is -2.28. The molecule has 0 spiro atoms. The molecule has 0 aromatic heterocycles. The second kappa shape index (κ2) is 7.88. The molecule has 4 nitrogen and oxygen atoms in total. The second-order valence-corrected chi connectivity index (χ2v) is 7.07. The summed E-state index contributed by atoms with van der Waals surface area (Å²) in [5.74, 6) is 0.0646. The number of amidine groups is 1. The number of thioether (sulfide) groups is 1. The number of likely N-dealkylation sites (N-methyl/N-ethyl adjacent to an activating group) is 1. The van der Waals surface area contributed by atoms with Crippen LogP contribution in [-0.4, -0.2) is 42.2 Å². The van der Waals surface area contributed by atoms with Gasteiger partial charge >= 0.3 is 0 Å². The fraction of sp³-hybridized carbons (Fsp3) is 0.474. The van der Waals surface area contributed by atoms with Gasteiger partial charge in [-0.2, -0.15) is 0 Å². The van der Waals surface area contributed by atoms with Crippen molar-refractivity contribution in [2.45, 2.75) is 33.1 Å². The fourth-order valence-corrected chi connectivity index (χ4v) is 4.23. The van der Waals surface area contributed by atoms with Crippen LogP contribution in [0.15, 0.2) is 34.2 Å². The summed E-state index contributed by atoms with van der Waals surface area (Å²) in [6.07, 6.45) is 5.89. The summed E-state index contributed by atoms with van der Waals surface area (Å²) in [5, 5.41) is 0.821. The molecule has 24 heavy (non-hydrogen) atoms. The van der Waals surface area contributed by atoms with E-state index < -0.39 is 0 Å². The highest BCUT2D eigenvalue weighted by Crippen LogP contribution is 2.32. The van der Waals surface area contributed by atoms with Crippen LogP contribution < -0.4 is 4.90 Å². The summed E-state index contributed by atoms with van der Waals surface area (Å²) in [6.45, 7) is 7.64. The number of carbonyl (C=O) groups excluding carboxylic acids is 1. The van der Waals surface area contributed by atoms with Crippen LogP contribution in [-0.2, 0) is 4.79 Å². The van der Waals surface area contributed by atoms with E-state index in [1.165, 1.54) is 36.7 Å². The highest BCUT2D eigenvalue weighted by Gasteiger charge is 2.31. The number of rotatable bonds is 4. The molecular formula is C19H25N3OS. The van der Waals surface area contributed by atoms with Crippen molar-refractivity contribution in [1.82, 2.24) is 4.90 Å². The minimum atomic E-state index is 0.0646. The van der Waals surface area contributed by atoms with E-state index in [-0.39, 0.29) is 5.91 Å². The molecular weight excluding hydrogens is 318 g/mol. The Hall–Kier alpha value is -1.75. The zero-order chi connectivity index (χ0) is 16.9. The van der Waals surface area contributed by atoms with Gasteiger partial charge in [0.1, 0.15) is 0 Å². The average molecular weight is 343 g/mol. The van der Waals surface area contributed by atoms with Crippen molar-refractivity contribution in [3.8, 4) is 0 Å². The Bertz CT molecular complexity index is 645. The van der Waals surface area contributed by atoms with E-state index in [1.54, 1.807) is 4.90 Å². The number of hydrogen-bond acceptors (Lipinski definition) is 4. The van der Waals surface area contributed by atoms with Crippen LogP contribution in [0.2, 0.25) is 0 Å². The third-order valence-corrected chi connectivity index (χ3v) is 5.45. The van der Waals surface area contributed by atoms with Gasteiger partial charge < -0.3 is 4.90 Å². The zero-order valence-corrected chi connectivity index (χ0v) is 15.3. The zero-order valence-electron chi connectivity index (χ0n) is 14.5. The highest BCUT2D eigenvalue weighted by molar-refractivity contribution is 8.18. The van der Waals surface area contributed by atoms with Crippen LogP contribution in [0, 0.1) is 0 Å². The molecule has 1 aromatic carbocycles. The number of hydrogen-bond donors (Lipinski definition) is 0. The summed E-state index contributed by atoms with van der Waals surface area (Å²) in [4.78, 5) is 21.9. The van der Waals surface area contributed by atoms with E-state index in [2.05, 4.69) is 34.2 Å². The number of carbonyl (C=O) groups is 1. The number of piperidine rings is 1. The smallest absolute Gasteiger partial charge is 0.266 e. The first-order valence-electron chi connectivity index (χ1n) is 8.83. The minimum absolute atomic E-state index is 0.0646. The summed E-state index contributed by atoms with van der Waals surface area (Å²) >= 11 is 1.48. The molecule has 128 valence electrons. The van der Waals surface area contributed by atoms with E-state index in [9.17, 15) is 4.79 Å². The number of benzene rings is 1. The Morgan fingerprint density at radius 2 is 1.83 bits per heavy atom. The molecule has 1 amide bonds. The van der Waals surface area contributed by atoms with Gasteiger partial charge in [-0.3, -0.25) is 14.7 Å². The van der Waals surface area contributed by atoms with Crippen molar-refractivity contribution >= 4 is 34.6 Å². The summed E-state index contributed by atoms with van der Waals surface area (Å²) < 4.78 is 0. The van der Waals surface area contributed by atoms with E-state index >= 15 is 0 Å². The van der Waals surface area contributed by atoms with E-state index in [4.69, 9.17) is 0 Å². The third-order valence-electron chi connectivity index (χ3n) is 4.41. The fourth-order valence-electron chi connectivity index (χ4n) is 3.12. The monoisotopic (exact) mass is 343 g/mol. The first kappa shape index (κ1) is 17.1. The molecule has 2 heterocycles. The molecule has 0 N–H and O–H groups in total. The van der Waals surface area contributed by atoms with Crippen molar-refractivity contribution in [2.24, 2.45) is 4.99 Å². The van der Waals surface area contributed by atoms with Crippen molar-refractivity contribution in [3.05, 3.63) is 34.7 Å². The molecule has 0 atom stereocenters. The predicted molar refractivity (Wildman–Crippen MR) is 103 cm³/mol. The van der Waals surface area contributed by atoms with Crippen LogP contribution in [0.1, 0.15) is 38.7 Å². The van der Waals surface area contributed by atoms with Crippen LogP contribution in [0.5, 0.6) is 0 Å². The third kappa shape index (κ3) is 3.66. The lowest BCUT2D eigenvalue weighted by molar-refractivity contribution is -0.122.